The smallest absolute Gasteiger partial charge is 0.330 e. The summed E-state index contributed by atoms with van der Waals surface area (Å²) in [6.07, 6.45) is 2.02. The van der Waals surface area contributed by atoms with Gasteiger partial charge in [0.25, 0.3) is 5.56 Å². The lowest BCUT2D eigenvalue weighted by molar-refractivity contribution is -0.00423. The molecule has 7 nitrogen and oxygen atoms in total. The quantitative estimate of drug-likeness (QED) is 0.793. The molecule has 2 N–H and O–H groups in total. The van der Waals surface area contributed by atoms with Crippen LogP contribution in [-0.4, -0.2) is 27.9 Å². The number of rotatable bonds is 5. The third-order valence-electron chi connectivity index (χ3n) is 2.55. The van der Waals surface area contributed by atoms with E-state index in [0.29, 0.717) is 11.3 Å². The number of nitrogens with zero attached hydrogens (tertiary/aromatic N) is 1. The molecule has 0 aliphatic heterocycles. The molecule has 7 heteroatoms. The lowest BCUT2D eigenvalue weighted by Crippen LogP contribution is -2.34. The SMILES string of the molecule is Cc1cn(C(OCCO)c2ccco2)c(=O)[nH]c1=O. The Morgan fingerprint density at radius 3 is 2.95 bits per heavy atom. The molecule has 102 valence electrons. The van der Waals surface area contributed by atoms with Crippen molar-refractivity contribution in [3.63, 3.8) is 0 Å². The lowest BCUT2D eigenvalue weighted by Gasteiger charge is -2.17. The molecule has 0 saturated heterocycles. The number of H-pyrrole nitrogens is 1. The van der Waals surface area contributed by atoms with E-state index in [1.807, 2.05) is 0 Å². The zero-order chi connectivity index (χ0) is 13.8. The monoisotopic (exact) mass is 266 g/mol. The number of hydrogen-bond donors (Lipinski definition) is 2. The van der Waals surface area contributed by atoms with Gasteiger partial charge >= 0.3 is 5.69 Å². The summed E-state index contributed by atoms with van der Waals surface area (Å²) in [5.74, 6) is 0.405. The number of nitrogens with one attached hydrogen (secondary N) is 1. The molecule has 1 unspecified atom stereocenters. The van der Waals surface area contributed by atoms with E-state index in [9.17, 15) is 9.59 Å². The maximum atomic E-state index is 11.8. The zero-order valence-corrected chi connectivity index (χ0v) is 10.3. The minimum absolute atomic E-state index is 0.0377. The Morgan fingerprint density at radius 1 is 1.53 bits per heavy atom. The van der Waals surface area contributed by atoms with Gasteiger partial charge in [-0.1, -0.05) is 0 Å². The minimum Gasteiger partial charge on any atom is -0.465 e. The fraction of sp³-hybridized carbons (Fsp3) is 0.333. The maximum Gasteiger partial charge on any atom is 0.330 e. The first-order valence-electron chi connectivity index (χ1n) is 5.71. The number of furan rings is 1. The van der Waals surface area contributed by atoms with Crippen molar-refractivity contribution in [2.75, 3.05) is 13.2 Å². The van der Waals surface area contributed by atoms with Crippen LogP contribution in [0.5, 0.6) is 0 Å². The second-order valence-corrected chi connectivity index (χ2v) is 3.94. The predicted octanol–water partition coefficient (Wildman–Crippen LogP) is -0.00618. The Morgan fingerprint density at radius 2 is 2.32 bits per heavy atom. The van der Waals surface area contributed by atoms with Gasteiger partial charge in [-0.3, -0.25) is 14.3 Å². The average Bonchev–Trinajstić information content (AvgIpc) is 2.89. The van der Waals surface area contributed by atoms with Gasteiger partial charge in [0.2, 0.25) is 0 Å². The Balaban J connectivity index is 2.46. The highest BCUT2D eigenvalue weighted by atomic mass is 16.5. The molecule has 1 atom stereocenters. The van der Waals surface area contributed by atoms with Crippen molar-refractivity contribution in [2.45, 2.75) is 13.2 Å². The predicted molar refractivity (Wildman–Crippen MR) is 65.9 cm³/mol. The molecular weight excluding hydrogens is 252 g/mol. The van der Waals surface area contributed by atoms with E-state index in [4.69, 9.17) is 14.3 Å². The third kappa shape index (κ3) is 2.83. The van der Waals surface area contributed by atoms with Gasteiger partial charge in [-0.2, -0.15) is 0 Å². The highest BCUT2D eigenvalue weighted by Crippen LogP contribution is 2.18. The molecule has 0 radical (unpaired) electrons. The standard InChI is InChI=1S/C12H14N2O5/c1-8-7-14(12(17)13-10(8)16)11(19-6-4-15)9-3-2-5-18-9/h2-3,5,7,11,15H,4,6H2,1H3,(H,13,16,17). The van der Waals surface area contributed by atoms with Crippen LogP contribution in [0.1, 0.15) is 17.6 Å². The molecular formula is C12H14N2O5. The third-order valence-corrected chi connectivity index (χ3v) is 2.55. The summed E-state index contributed by atoms with van der Waals surface area (Å²) in [5.41, 5.74) is -0.666. The number of aromatic nitrogens is 2. The van der Waals surface area contributed by atoms with Crippen LogP contribution in [0.4, 0.5) is 0 Å². The number of aliphatic hydroxyl groups is 1. The molecule has 0 saturated carbocycles. The minimum atomic E-state index is -0.829. The van der Waals surface area contributed by atoms with Gasteiger partial charge in [0.1, 0.15) is 0 Å². The fourth-order valence-corrected chi connectivity index (χ4v) is 1.66. The summed E-state index contributed by atoms with van der Waals surface area (Å²) in [5, 5.41) is 8.83. The van der Waals surface area contributed by atoms with Crippen molar-refractivity contribution in [1.29, 1.82) is 0 Å². The molecule has 0 bridgehead atoms. The summed E-state index contributed by atoms with van der Waals surface area (Å²) < 4.78 is 11.8. The van der Waals surface area contributed by atoms with E-state index < -0.39 is 17.5 Å². The number of aliphatic hydroxyl groups excluding tert-OH is 1. The van der Waals surface area contributed by atoms with Crippen LogP contribution in [0.15, 0.2) is 38.6 Å². The lowest BCUT2D eigenvalue weighted by atomic mass is 10.3. The van der Waals surface area contributed by atoms with Crippen molar-refractivity contribution < 1.29 is 14.3 Å². The molecule has 0 spiro atoms. The molecule has 2 rings (SSSR count). The summed E-state index contributed by atoms with van der Waals surface area (Å²) in [6.45, 7) is 1.43. The topological polar surface area (TPSA) is 97.5 Å². The number of ether oxygens (including phenoxy) is 1. The van der Waals surface area contributed by atoms with E-state index in [2.05, 4.69) is 4.98 Å². The molecule has 2 heterocycles. The first-order valence-corrected chi connectivity index (χ1v) is 5.71. The van der Waals surface area contributed by atoms with Gasteiger partial charge < -0.3 is 14.3 Å². The Bertz CT molecular complexity index is 641. The fourth-order valence-electron chi connectivity index (χ4n) is 1.66. The molecule has 2 aromatic rings. The van der Waals surface area contributed by atoms with Crippen molar-refractivity contribution in [3.8, 4) is 0 Å². The summed E-state index contributed by atoms with van der Waals surface area (Å²) in [4.78, 5) is 25.4. The van der Waals surface area contributed by atoms with Gasteiger partial charge in [-0.05, 0) is 19.1 Å². The Labute approximate surface area is 108 Å². The van der Waals surface area contributed by atoms with Crippen LogP contribution >= 0.6 is 0 Å². The number of aromatic amines is 1. The molecule has 0 aliphatic carbocycles. The van der Waals surface area contributed by atoms with Crippen LogP contribution in [0.3, 0.4) is 0 Å². The van der Waals surface area contributed by atoms with Gasteiger partial charge in [0.05, 0.1) is 19.5 Å². The highest BCUT2D eigenvalue weighted by Gasteiger charge is 2.19. The summed E-state index contributed by atoms with van der Waals surface area (Å²) in [6, 6.07) is 3.31. The van der Waals surface area contributed by atoms with E-state index in [1.54, 1.807) is 19.1 Å². The zero-order valence-electron chi connectivity index (χ0n) is 10.3. The van der Waals surface area contributed by atoms with Gasteiger partial charge in [-0.15, -0.1) is 0 Å². The Hall–Kier alpha value is -2.12. The van der Waals surface area contributed by atoms with Crippen LogP contribution in [0.2, 0.25) is 0 Å². The van der Waals surface area contributed by atoms with Crippen LogP contribution in [0, 0.1) is 6.92 Å². The first-order chi connectivity index (χ1) is 9.13. The molecule has 19 heavy (non-hydrogen) atoms. The maximum absolute atomic E-state index is 11.8. The second kappa shape index (κ2) is 5.68. The van der Waals surface area contributed by atoms with Crippen LogP contribution in [0.25, 0.3) is 0 Å². The second-order valence-electron chi connectivity index (χ2n) is 3.94. The number of hydrogen-bond acceptors (Lipinski definition) is 5. The number of aryl methyl sites for hydroxylation is 1. The van der Waals surface area contributed by atoms with Crippen molar-refractivity contribution in [1.82, 2.24) is 9.55 Å². The van der Waals surface area contributed by atoms with E-state index in [0.717, 1.165) is 0 Å². The van der Waals surface area contributed by atoms with Crippen LogP contribution in [-0.2, 0) is 4.74 Å². The summed E-state index contributed by atoms with van der Waals surface area (Å²) in [7, 11) is 0. The van der Waals surface area contributed by atoms with Crippen molar-refractivity contribution in [2.24, 2.45) is 0 Å². The first kappa shape index (κ1) is 13.3. The summed E-state index contributed by atoms with van der Waals surface area (Å²) >= 11 is 0. The van der Waals surface area contributed by atoms with Gasteiger partial charge in [0, 0.05) is 11.8 Å². The normalized spacial score (nSPS) is 12.5. The average molecular weight is 266 g/mol. The largest absolute Gasteiger partial charge is 0.465 e. The molecule has 0 amide bonds. The van der Waals surface area contributed by atoms with E-state index in [-0.39, 0.29) is 13.2 Å². The van der Waals surface area contributed by atoms with E-state index in [1.165, 1.54) is 17.0 Å². The highest BCUT2D eigenvalue weighted by molar-refractivity contribution is 5.07. The molecule has 0 aliphatic rings. The van der Waals surface area contributed by atoms with Crippen molar-refractivity contribution >= 4 is 0 Å². The Kier molecular flexibility index (Phi) is 3.98. The van der Waals surface area contributed by atoms with Crippen LogP contribution < -0.4 is 11.2 Å². The van der Waals surface area contributed by atoms with Gasteiger partial charge in [0.15, 0.2) is 12.0 Å². The molecule has 0 fully saturated rings. The van der Waals surface area contributed by atoms with Gasteiger partial charge in [-0.25, -0.2) is 4.79 Å². The van der Waals surface area contributed by atoms with E-state index >= 15 is 0 Å². The molecule has 2 aromatic heterocycles. The van der Waals surface area contributed by atoms with Crippen molar-refractivity contribution in [3.05, 3.63) is 56.8 Å². The molecule has 0 aromatic carbocycles.